The summed E-state index contributed by atoms with van der Waals surface area (Å²) in [7, 11) is 1.35. The number of benzene rings is 3. The number of aromatic nitrogens is 1. The van der Waals surface area contributed by atoms with Gasteiger partial charge in [-0.05, 0) is 34.9 Å². The van der Waals surface area contributed by atoms with Gasteiger partial charge in [0, 0.05) is 0 Å². The topological polar surface area (TPSA) is 60.7 Å². The summed E-state index contributed by atoms with van der Waals surface area (Å²) in [5, 5.41) is 2.14. The zero-order chi connectivity index (χ0) is 20.4. The summed E-state index contributed by atoms with van der Waals surface area (Å²) in [5.74, 6) is -0.625. The molecule has 0 saturated carbocycles. The molecule has 0 N–H and O–H groups in total. The fourth-order valence-corrected chi connectivity index (χ4v) is 4.61. The first-order valence-electron chi connectivity index (χ1n) is 9.27. The second-order valence-electron chi connectivity index (χ2n) is 6.79. The Morgan fingerprint density at radius 3 is 2.62 bits per heavy atom. The number of aryl methyl sites for hydroxylation is 1. The number of carbonyl (C=O) groups is 2. The van der Waals surface area contributed by atoms with Gasteiger partial charge in [0.2, 0.25) is 0 Å². The van der Waals surface area contributed by atoms with Crippen LogP contribution in [0.3, 0.4) is 0 Å². The van der Waals surface area contributed by atoms with Gasteiger partial charge in [0.25, 0.3) is 5.91 Å². The maximum Gasteiger partial charge on any atom is 0.325 e. The Kier molecular flexibility index (Phi) is 5.27. The quantitative estimate of drug-likeness (QED) is 0.483. The van der Waals surface area contributed by atoms with Gasteiger partial charge in [-0.1, -0.05) is 65.9 Å². The number of rotatable bonds is 4. The van der Waals surface area contributed by atoms with Crippen LogP contribution in [0.15, 0.2) is 65.7 Å². The van der Waals surface area contributed by atoms with E-state index >= 15 is 0 Å². The van der Waals surface area contributed by atoms with Gasteiger partial charge in [-0.2, -0.15) is 4.99 Å². The molecule has 29 heavy (non-hydrogen) atoms. The molecule has 0 spiro atoms. The Labute approximate surface area is 171 Å². The van der Waals surface area contributed by atoms with Crippen molar-refractivity contribution in [3.8, 4) is 0 Å². The second kappa shape index (κ2) is 8.01. The third kappa shape index (κ3) is 3.84. The molecule has 1 aromatic heterocycles. The molecule has 0 aliphatic carbocycles. The maximum atomic E-state index is 12.8. The summed E-state index contributed by atoms with van der Waals surface area (Å²) in [4.78, 5) is 29.6. The van der Waals surface area contributed by atoms with Gasteiger partial charge < -0.3 is 9.30 Å². The van der Waals surface area contributed by atoms with Crippen LogP contribution in [0.4, 0.5) is 0 Å². The molecule has 0 fully saturated rings. The van der Waals surface area contributed by atoms with Crippen molar-refractivity contribution in [1.29, 1.82) is 0 Å². The van der Waals surface area contributed by atoms with Gasteiger partial charge in [0.1, 0.15) is 6.54 Å². The molecule has 0 unspecified atom stereocenters. The van der Waals surface area contributed by atoms with E-state index in [1.165, 1.54) is 18.4 Å². The average molecular weight is 404 g/mol. The van der Waals surface area contributed by atoms with Crippen molar-refractivity contribution in [2.45, 2.75) is 19.9 Å². The van der Waals surface area contributed by atoms with Crippen LogP contribution in [-0.2, 0) is 27.3 Å². The minimum absolute atomic E-state index is 0.0156. The van der Waals surface area contributed by atoms with Crippen LogP contribution in [0.5, 0.6) is 0 Å². The highest BCUT2D eigenvalue weighted by Gasteiger charge is 2.14. The average Bonchev–Trinajstić information content (AvgIpc) is 3.06. The van der Waals surface area contributed by atoms with Crippen molar-refractivity contribution in [3.05, 3.63) is 76.6 Å². The van der Waals surface area contributed by atoms with E-state index in [1.54, 1.807) is 4.57 Å². The summed E-state index contributed by atoms with van der Waals surface area (Å²) in [6.07, 6.45) is 0.201. The van der Waals surface area contributed by atoms with E-state index in [4.69, 9.17) is 4.74 Å². The first kappa shape index (κ1) is 19.1. The number of methoxy groups -OCH3 is 1. The van der Waals surface area contributed by atoms with Gasteiger partial charge in [0.15, 0.2) is 4.80 Å². The third-order valence-corrected chi connectivity index (χ3v) is 5.90. The number of ether oxygens (including phenoxy) is 1. The molecule has 0 atom stereocenters. The molecule has 5 nitrogen and oxygen atoms in total. The predicted molar refractivity (Wildman–Crippen MR) is 115 cm³/mol. The van der Waals surface area contributed by atoms with E-state index in [2.05, 4.69) is 4.99 Å². The molecular weight excluding hydrogens is 384 g/mol. The zero-order valence-corrected chi connectivity index (χ0v) is 17.0. The van der Waals surface area contributed by atoms with Crippen molar-refractivity contribution < 1.29 is 14.3 Å². The lowest BCUT2D eigenvalue weighted by molar-refractivity contribution is -0.141. The number of esters is 1. The highest BCUT2D eigenvalue weighted by Crippen LogP contribution is 2.22. The van der Waals surface area contributed by atoms with E-state index < -0.39 is 0 Å². The lowest BCUT2D eigenvalue weighted by Gasteiger charge is -2.06. The standard InChI is InChI=1S/C23H20N2O3S/c1-15-7-5-12-19-22(15)25(14-21(27)28-2)23(29-19)24-20(26)13-17-10-6-9-16-8-3-4-11-18(16)17/h3-12H,13-14H2,1-2H3. The smallest absolute Gasteiger partial charge is 0.325 e. The number of carbonyl (C=O) groups excluding carboxylic acids is 2. The maximum absolute atomic E-state index is 12.8. The fraction of sp³-hybridized carbons (Fsp3) is 0.174. The largest absolute Gasteiger partial charge is 0.468 e. The van der Waals surface area contributed by atoms with Gasteiger partial charge in [-0.15, -0.1) is 0 Å². The summed E-state index contributed by atoms with van der Waals surface area (Å²) in [6.45, 7) is 1.99. The van der Waals surface area contributed by atoms with Crippen LogP contribution in [-0.4, -0.2) is 23.6 Å². The van der Waals surface area contributed by atoms with Crippen LogP contribution in [0.25, 0.3) is 21.0 Å². The molecule has 6 heteroatoms. The molecule has 0 bridgehead atoms. The molecule has 146 valence electrons. The van der Waals surface area contributed by atoms with Crippen LogP contribution < -0.4 is 4.80 Å². The summed E-state index contributed by atoms with van der Waals surface area (Å²) in [6, 6.07) is 19.8. The first-order chi connectivity index (χ1) is 14.1. The number of para-hydroxylation sites is 1. The van der Waals surface area contributed by atoms with Crippen molar-refractivity contribution >= 4 is 44.2 Å². The third-order valence-electron chi connectivity index (χ3n) is 4.86. The van der Waals surface area contributed by atoms with E-state index in [-0.39, 0.29) is 24.8 Å². The molecule has 4 rings (SSSR count). The van der Waals surface area contributed by atoms with Gasteiger partial charge >= 0.3 is 5.97 Å². The number of thiazole rings is 1. The van der Waals surface area contributed by atoms with Crippen molar-refractivity contribution in [2.75, 3.05) is 7.11 Å². The van der Waals surface area contributed by atoms with Crippen molar-refractivity contribution in [2.24, 2.45) is 4.99 Å². The fourth-order valence-electron chi connectivity index (χ4n) is 3.49. The Balaban J connectivity index is 1.77. The monoisotopic (exact) mass is 404 g/mol. The Morgan fingerprint density at radius 2 is 1.79 bits per heavy atom. The van der Waals surface area contributed by atoms with Crippen LogP contribution in [0, 0.1) is 6.92 Å². The normalized spacial score (nSPS) is 11.9. The van der Waals surface area contributed by atoms with Gasteiger partial charge in [-0.3, -0.25) is 9.59 Å². The highest BCUT2D eigenvalue weighted by molar-refractivity contribution is 7.16. The van der Waals surface area contributed by atoms with E-state index in [0.717, 1.165) is 32.1 Å². The Hall–Kier alpha value is -3.25. The number of amides is 1. The lowest BCUT2D eigenvalue weighted by Crippen LogP contribution is -2.23. The minimum atomic E-state index is -0.379. The molecular formula is C23H20N2O3S. The predicted octanol–water partition coefficient (Wildman–Crippen LogP) is 4.01. The zero-order valence-electron chi connectivity index (χ0n) is 16.2. The minimum Gasteiger partial charge on any atom is -0.468 e. The van der Waals surface area contributed by atoms with Crippen molar-refractivity contribution in [1.82, 2.24) is 4.57 Å². The SMILES string of the molecule is COC(=O)Cn1c(=NC(=O)Cc2cccc3ccccc23)sc2cccc(C)c21. The molecule has 0 radical (unpaired) electrons. The van der Waals surface area contributed by atoms with E-state index in [1.807, 2.05) is 67.6 Å². The number of nitrogens with zero attached hydrogens (tertiary/aromatic N) is 2. The summed E-state index contributed by atoms with van der Waals surface area (Å²) >= 11 is 1.40. The van der Waals surface area contributed by atoms with E-state index in [0.29, 0.717) is 4.80 Å². The molecule has 1 heterocycles. The van der Waals surface area contributed by atoms with Crippen LogP contribution in [0.1, 0.15) is 11.1 Å². The van der Waals surface area contributed by atoms with Gasteiger partial charge in [0.05, 0.1) is 23.7 Å². The highest BCUT2D eigenvalue weighted by atomic mass is 32.1. The molecule has 1 amide bonds. The Morgan fingerprint density at radius 1 is 1.03 bits per heavy atom. The number of fused-ring (bicyclic) bond motifs is 2. The first-order valence-corrected chi connectivity index (χ1v) is 10.1. The molecule has 3 aromatic carbocycles. The van der Waals surface area contributed by atoms with Crippen LogP contribution >= 0.6 is 11.3 Å². The van der Waals surface area contributed by atoms with E-state index in [9.17, 15) is 9.59 Å². The lowest BCUT2D eigenvalue weighted by atomic mass is 10.0. The van der Waals surface area contributed by atoms with Crippen LogP contribution in [0.2, 0.25) is 0 Å². The molecule has 0 aliphatic rings. The summed E-state index contributed by atoms with van der Waals surface area (Å²) < 4.78 is 7.58. The number of hydrogen-bond acceptors (Lipinski definition) is 4. The molecule has 0 saturated heterocycles. The van der Waals surface area contributed by atoms with Gasteiger partial charge in [-0.25, -0.2) is 0 Å². The Bertz CT molecular complexity index is 1300. The van der Waals surface area contributed by atoms with Crippen molar-refractivity contribution in [3.63, 3.8) is 0 Å². The summed E-state index contributed by atoms with van der Waals surface area (Å²) in [5.41, 5.74) is 2.86. The number of hydrogen-bond donors (Lipinski definition) is 0. The second-order valence-corrected chi connectivity index (χ2v) is 7.80. The molecule has 4 aromatic rings. The molecule has 0 aliphatic heterocycles.